The van der Waals surface area contributed by atoms with Gasteiger partial charge in [0.15, 0.2) is 0 Å². The molecule has 2 aromatic rings. The number of aromatic nitrogens is 1. The van der Waals surface area contributed by atoms with Crippen LogP contribution in [-0.4, -0.2) is 68.1 Å². The highest BCUT2D eigenvalue weighted by molar-refractivity contribution is 7.89. The zero-order valence-corrected chi connectivity index (χ0v) is 18.2. The largest absolute Gasteiger partial charge is 0.419 e. The molecule has 1 aliphatic heterocycles. The fourth-order valence-corrected chi connectivity index (χ4v) is 5.01. The van der Waals surface area contributed by atoms with Crippen molar-refractivity contribution in [1.29, 1.82) is 0 Å². The normalized spacial score (nSPS) is 16.2. The Morgan fingerprint density at radius 2 is 1.81 bits per heavy atom. The van der Waals surface area contributed by atoms with Crippen molar-refractivity contribution in [2.24, 2.45) is 0 Å². The third-order valence-electron chi connectivity index (χ3n) is 4.89. The molecule has 0 bridgehead atoms. The van der Waals surface area contributed by atoms with E-state index >= 15 is 0 Å². The van der Waals surface area contributed by atoms with Crippen molar-refractivity contribution in [3.05, 3.63) is 53.2 Å². The van der Waals surface area contributed by atoms with Crippen LogP contribution in [0.5, 0.6) is 0 Å². The molecule has 3 rings (SSSR count). The van der Waals surface area contributed by atoms with Crippen LogP contribution >= 0.6 is 11.6 Å². The van der Waals surface area contributed by atoms with Gasteiger partial charge in [-0.25, -0.2) is 13.4 Å². The molecule has 13 heteroatoms. The molecule has 0 spiro atoms. The smallest absolute Gasteiger partial charge is 0.394 e. The van der Waals surface area contributed by atoms with Crippen molar-refractivity contribution >= 4 is 33.3 Å². The number of hydrogen-bond donors (Lipinski definition) is 2. The van der Waals surface area contributed by atoms with E-state index in [-0.39, 0.29) is 41.9 Å². The van der Waals surface area contributed by atoms with Crippen molar-refractivity contribution in [1.82, 2.24) is 14.6 Å². The average molecular weight is 493 g/mol. The Morgan fingerprint density at radius 3 is 2.41 bits per heavy atom. The average Bonchev–Trinajstić information content (AvgIpc) is 2.77. The summed E-state index contributed by atoms with van der Waals surface area (Å²) in [7, 11) is -4.20. The minimum Gasteiger partial charge on any atom is -0.394 e. The van der Waals surface area contributed by atoms with Crippen molar-refractivity contribution in [3.63, 3.8) is 0 Å². The fourth-order valence-electron chi connectivity index (χ4n) is 3.31. The number of pyridine rings is 1. The number of carbonyl (C=O) groups is 1. The number of sulfonamides is 1. The number of halogens is 4. The minimum absolute atomic E-state index is 0.0248. The molecule has 32 heavy (non-hydrogen) atoms. The SMILES string of the molecule is O=C(C(CO)NS(=O)(=O)c1ccccc1Cl)N1CCN(c2ncccc2C(F)(F)F)CC1. The molecule has 1 fully saturated rings. The predicted octanol–water partition coefficient (Wildman–Crippen LogP) is 1.74. The zero-order chi connectivity index (χ0) is 23.5. The zero-order valence-electron chi connectivity index (χ0n) is 16.6. The van der Waals surface area contributed by atoms with Crippen LogP contribution in [0.2, 0.25) is 5.02 Å². The summed E-state index contributed by atoms with van der Waals surface area (Å²) in [5, 5.41) is 9.56. The van der Waals surface area contributed by atoms with Gasteiger partial charge in [0.2, 0.25) is 15.9 Å². The third kappa shape index (κ3) is 5.31. The van der Waals surface area contributed by atoms with E-state index in [9.17, 15) is 31.5 Å². The van der Waals surface area contributed by atoms with Crippen LogP contribution in [0.1, 0.15) is 5.56 Å². The molecular formula is C19H20ClF3N4O4S. The lowest BCUT2D eigenvalue weighted by Crippen LogP contribution is -2.56. The number of nitrogens with zero attached hydrogens (tertiary/aromatic N) is 3. The van der Waals surface area contributed by atoms with E-state index < -0.39 is 40.3 Å². The van der Waals surface area contributed by atoms with Gasteiger partial charge in [0.25, 0.3) is 0 Å². The van der Waals surface area contributed by atoms with E-state index in [1.54, 1.807) is 6.07 Å². The first kappa shape index (κ1) is 24.2. The van der Waals surface area contributed by atoms with Crippen LogP contribution in [0.15, 0.2) is 47.5 Å². The summed E-state index contributed by atoms with van der Waals surface area (Å²) in [6, 6.07) is 6.30. The summed E-state index contributed by atoms with van der Waals surface area (Å²) >= 11 is 5.91. The first-order valence-corrected chi connectivity index (χ1v) is 11.3. The van der Waals surface area contributed by atoms with E-state index in [0.717, 1.165) is 6.07 Å². The number of anilines is 1. The van der Waals surface area contributed by atoms with E-state index in [1.807, 2.05) is 0 Å². The number of rotatable bonds is 6. The number of aliphatic hydroxyl groups excluding tert-OH is 1. The summed E-state index contributed by atoms with van der Waals surface area (Å²) in [5.41, 5.74) is -0.875. The van der Waals surface area contributed by atoms with Gasteiger partial charge in [0.1, 0.15) is 16.8 Å². The maximum atomic E-state index is 13.3. The van der Waals surface area contributed by atoms with Gasteiger partial charge >= 0.3 is 6.18 Å². The Kier molecular flexibility index (Phi) is 7.28. The van der Waals surface area contributed by atoms with Crippen LogP contribution in [0.25, 0.3) is 0 Å². The lowest BCUT2D eigenvalue weighted by atomic mass is 10.2. The van der Waals surface area contributed by atoms with Crippen LogP contribution in [0.3, 0.4) is 0 Å². The second kappa shape index (κ2) is 9.61. The lowest BCUT2D eigenvalue weighted by Gasteiger charge is -2.37. The molecule has 1 aromatic carbocycles. The number of nitrogens with one attached hydrogen (secondary N) is 1. The molecule has 1 aromatic heterocycles. The van der Waals surface area contributed by atoms with Gasteiger partial charge in [0.05, 0.1) is 17.2 Å². The van der Waals surface area contributed by atoms with Gasteiger partial charge < -0.3 is 14.9 Å². The molecule has 1 saturated heterocycles. The number of benzene rings is 1. The summed E-state index contributed by atoms with van der Waals surface area (Å²) in [5.74, 6) is -0.926. The Hall–Kier alpha value is -2.41. The predicted molar refractivity (Wildman–Crippen MR) is 111 cm³/mol. The molecule has 2 N–H and O–H groups in total. The molecule has 1 unspecified atom stereocenters. The standard InChI is InChI=1S/C19H20ClF3N4O4S/c20-14-5-1-2-6-16(14)32(30,31)25-15(12-28)18(29)27-10-8-26(9-11-27)17-13(19(21,22)23)4-3-7-24-17/h1-7,15,25,28H,8-12H2. The molecule has 1 atom stereocenters. The molecule has 8 nitrogen and oxygen atoms in total. The number of hydrogen-bond acceptors (Lipinski definition) is 6. The van der Waals surface area contributed by atoms with E-state index in [1.165, 1.54) is 40.3 Å². The topological polar surface area (TPSA) is 103 Å². The van der Waals surface area contributed by atoms with E-state index in [2.05, 4.69) is 9.71 Å². The van der Waals surface area contributed by atoms with Gasteiger partial charge in [0, 0.05) is 32.4 Å². The summed E-state index contributed by atoms with van der Waals surface area (Å²) in [6.45, 7) is -0.641. The van der Waals surface area contributed by atoms with Crippen LogP contribution in [-0.2, 0) is 21.0 Å². The van der Waals surface area contributed by atoms with E-state index in [0.29, 0.717) is 0 Å². The number of alkyl halides is 3. The molecule has 1 aliphatic rings. The second-order valence-electron chi connectivity index (χ2n) is 6.97. The summed E-state index contributed by atoms with van der Waals surface area (Å²) < 4.78 is 67.1. The van der Waals surface area contributed by atoms with Crippen LogP contribution in [0.4, 0.5) is 19.0 Å². The second-order valence-corrected chi connectivity index (χ2v) is 9.06. The lowest BCUT2D eigenvalue weighted by molar-refractivity contribution is -0.138. The van der Waals surface area contributed by atoms with E-state index in [4.69, 9.17) is 11.6 Å². The van der Waals surface area contributed by atoms with Crippen LogP contribution < -0.4 is 9.62 Å². The minimum atomic E-state index is -4.57. The van der Waals surface area contributed by atoms with Crippen molar-refractivity contribution in [2.45, 2.75) is 17.1 Å². The quantitative estimate of drug-likeness (QED) is 0.637. The maximum Gasteiger partial charge on any atom is 0.419 e. The van der Waals surface area contributed by atoms with Crippen LogP contribution in [0, 0.1) is 0 Å². The van der Waals surface area contributed by atoms with Gasteiger partial charge in [-0.15, -0.1) is 0 Å². The molecule has 0 radical (unpaired) electrons. The van der Waals surface area contributed by atoms with Gasteiger partial charge in [-0.05, 0) is 24.3 Å². The highest BCUT2D eigenvalue weighted by Gasteiger charge is 2.37. The van der Waals surface area contributed by atoms with Gasteiger partial charge in [-0.1, -0.05) is 23.7 Å². The Labute approximate surface area is 187 Å². The molecule has 174 valence electrons. The highest BCUT2D eigenvalue weighted by atomic mass is 35.5. The maximum absolute atomic E-state index is 13.3. The van der Waals surface area contributed by atoms with Crippen molar-refractivity contribution in [3.8, 4) is 0 Å². The number of carbonyl (C=O) groups excluding carboxylic acids is 1. The molecule has 0 aliphatic carbocycles. The Balaban J connectivity index is 1.69. The Morgan fingerprint density at radius 1 is 1.16 bits per heavy atom. The third-order valence-corrected chi connectivity index (χ3v) is 6.86. The molecule has 2 heterocycles. The highest BCUT2D eigenvalue weighted by Crippen LogP contribution is 2.35. The summed E-state index contributed by atoms with van der Waals surface area (Å²) in [6.07, 6.45) is -3.32. The van der Waals surface area contributed by atoms with Gasteiger partial charge in [-0.3, -0.25) is 4.79 Å². The Bertz CT molecular complexity index is 1080. The number of piperazine rings is 1. The van der Waals surface area contributed by atoms with Gasteiger partial charge in [-0.2, -0.15) is 17.9 Å². The monoisotopic (exact) mass is 492 g/mol. The number of amides is 1. The molecular weight excluding hydrogens is 473 g/mol. The number of aliphatic hydroxyl groups is 1. The molecule has 0 saturated carbocycles. The summed E-state index contributed by atoms with van der Waals surface area (Å²) in [4.78, 5) is 19.1. The fraction of sp³-hybridized carbons (Fsp3) is 0.368. The molecule has 1 amide bonds. The van der Waals surface area contributed by atoms with Crippen molar-refractivity contribution < 1.29 is 31.5 Å². The van der Waals surface area contributed by atoms with Crippen molar-refractivity contribution in [2.75, 3.05) is 37.7 Å². The first-order chi connectivity index (χ1) is 15.0. The first-order valence-electron chi connectivity index (χ1n) is 9.48.